The minimum atomic E-state index is -0.800. The van der Waals surface area contributed by atoms with Gasteiger partial charge in [0.2, 0.25) is 11.8 Å². The zero-order chi connectivity index (χ0) is 49.1. The fraction of sp³-hybridized carbons (Fsp3) is 0.481. The van der Waals surface area contributed by atoms with E-state index in [2.05, 4.69) is 59.7 Å². The third-order valence-electron chi connectivity index (χ3n) is 13.8. The number of aliphatic hydroxyl groups is 1. The molecule has 68 heavy (non-hydrogen) atoms. The zero-order valence-electron chi connectivity index (χ0n) is 40.5. The van der Waals surface area contributed by atoms with Crippen molar-refractivity contribution in [1.29, 1.82) is 5.26 Å². The van der Waals surface area contributed by atoms with E-state index in [4.69, 9.17) is 21.3 Å². The van der Waals surface area contributed by atoms with Crippen LogP contribution in [-0.4, -0.2) is 84.6 Å². The van der Waals surface area contributed by atoms with Crippen LogP contribution in [0.2, 0.25) is 5.02 Å². The molecule has 1 saturated heterocycles. The number of halogens is 1. The Morgan fingerprint density at radius 3 is 2.35 bits per heavy atom. The summed E-state index contributed by atoms with van der Waals surface area (Å²) in [6.07, 6.45) is 6.28. The number of ether oxygens (including phenoxy) is 1. The van der Waals surface area contributed by atoms with Gasteiger partial charge in [-0.05, 0) is 74.4 Å². The van der Waals surface area contributed by atoms with Gasteiger partial charge in [0, 0.05) is 61.4 Å². The summed E-state index contributed by atoms with van der Waals surface area (Å²) in [5.74, 6) is -0.200. The third-order valence-corrected chi connectivity index (χ3v) is 15.1. The number of unbranched alkanes of at least 4 members (excludes halogenated alkanes) is 2. The van der Waals surface area contributed by atoms with E-state index in [1.807, 2.05) is 81.3 Å². The number of aromatic nitrogens is 4. The fourth-order valence-electron chi connectivity index (χ4n) is 10.3. The Kier molecular flexibility index (Phi) is 15.3. The van der Waals surface area contributed by atoms with E-state index in [1.165, 1.54) is 0 Å². The van der Waals surface area contributed by atoms with Crippen LogP contribution in [0.5, 0.6) is 5.75 Å². The number of pyridine rings is 1. The molecule has 2 aliphatic rings. The molecule has 14 nitrogen and oxygen atoms in total. The number of rotatable bonds is 18. The largest absolute Gasteiger partial charge is 0.489 e. The molecule has 4 heterocycles. The Hall–Kier alpha value is -5.82. The number of aliphatic hydroxyl groups excluding tert-OH is 1. The van der Waals surface area contributed by atoms with Crippen LogP contribution in [0.3, 0.4) is 0 Å². The molecule has 16 heteroatoms. The van der Waals surface area contributed by atoms with Crippen LogP contribution in [0.15, 0.2) is 72.5 Å². The van der Waals surface area contributed by atoms with Gasteiger partial charge in [0.25, 0.3) is 5.91 Å². The summed E-state index contributed by atoms with van der Waals surface area (Å²) >= 11 is 7.84. The number of nitrogens with one attached hydrogen (secondary N) is 3. The van der Waals surface area contributed by atoms with Crippen molar-refractivity contribution in [2.24, 2.45) is 23.8 Å². The molecule has 4 N–H and O–H groups in total. The van der Waals surface area contributed by atoms with Crippen molar-refractivity contribution >= 4 is 46.3 Å². The van der Waals surface area contributed by atoms with Gasteiger partial charge in [-0.1, -0.05) is 83.8 Å². The highest BCUT2D eigenvalue weighted by atomic mass is 35.5. The highest BCUT2D eigenvalue weighted by Crippen LogP contribution is 2.55. The monoisotopic (exact) mass is 961 g/mol. The summed E-state index contributed by atoms with van der Waals surface area (Å²) < 4.78 is 8.37. The van der Waals surface area contributed by atoms with Crippen molar-refractivity contribution < 1.29 is 24.2 Å². The molecule has 0 spiro atoms. The van der Waals surface area contributed by atoms with Gasteiger partial charge in [0.05, 0.1) is 56.6 Å². The van der Waals surface area contributed by atoms with Crippen molar-refractivity contribution in [3.63, 3.8) is 0 Å². The van der Waals surface area contributed by atoms with Crippen LogP contribution in [0.1, 0.15) is 125 Å². The molecule has 5 aromatic rings. The van der Waals surface area contributed by atoms with E-state index >= 15 is 0 Å². The van der Waals surface area contributed by atoms with Gasteiger partial charge in [-0.25, -0.2) is 15.0 Å². The lowest BCUT2D eigenvalue weighted by Crippen LogP contribution is -2.74. The number of hydrogen-bond acceptors (Lipinski definition) is 11. The molecule has 2 aromatic carbocycles. The van der Waals surface area contributed by atoms with E-state index in [0.717, 1.165) is 65.3 Å². The van der Waals surface area contributed by atoms with Gasteiger partial charge in [-0.3, -0.25) is 14.4 Å². The van der Waals surface area contributed by atoms with E-state index < -0.39 is 28.9 Å². The first-order valence-electron chi connectivity index (χ1n) is 23.5. The fourth-order valence-corrected chi connectivity index (χ4v) is 11.4. The summed E-state index contributed by atoms with van der Waals surface area (Å²) in [5, 5.41) is 30.0. The number of β-amino-alcohol motifs (C(OH)–C–C–N with tert-alkyl or cyclic N) is 1. The first-order chi connectivity index (χ1) is 32.3. The molecule has 1 aliphatic carbocycles. The number of nitriles is 1. The van der Waals surface area contributed by atoms with Gasteiger partial charge in [-0.2, -0.15) is 5.26 Å². The van der Waals surface area contributed by atoms with E-state index in [-0.39, 0.29) is 54.8 Å². The normalized spacial score (nSPS) is 20.2. The van der Waals surface area contributed by atoms with Crippen molar-refractivity contribution in [3.05, 3.63) is 112 Å². The van der Waals surface area contributed by atoms with Crippen LogP contribution in [0, 0.1) is 35.0 Å². The first-order valence-corrected chi connectivity index (χ1v) is 24.7. The maximum absolute atomic E-state index is 14.4. The lowest BCUT2D eigenvalue weighted by atomic mass is 9.49. The number of nitrogens with zero attached hydrogens (tertiary/aromatic N) is 6. The van der Waals surface area contributed by atoms with Crippen LogP contribution < -0.4 is 20.7 Å². The number of benzene rings is 2. The Bertz CT molecular complexity index is 2620. The van der Waals surface area contributed by atoms with Gasteiger partial charge in [0.15, 0.2) is 0 Å². The van der Waals surface area contributed by atoms with E-state index in [0.29, 0.717) is 27.9 Å². The number of amides is 3. The number of anilines is 1. The number of likely N-dealkylation sites (tertiary alicyclic amines) is 1. The summed E-state index contributed by atoms with van der Waals surface area (Å²) in [6, 6.07) is 17.5. The van der Waals surface area contributed by atoms with Crippen molar-refractivity contribution in [2.75, 3.05) is 18.4 Å². The number of carbonyl (C=O) groups is 3. The predicted octanol–water partition coefficient (Wildman–Crippen LogP) is 8.79. The second kappa shape index (κ2) is 20.8. The molecule has 3 amide bonds. The lowest BCUT2D eigenvalue weighted by molar-refractivity contribution is -0.164. The van der Waals surface area contributed by atoms with Crippen molar-refractivity contribution in [2.45, 2.75) is 124 Å². The van der Waals surface area contributed by atoms with Crippen molar-refractivity contribution in [1.82, 2.24) is 35.1 Å². The minimum absolute atomic E-state index is 0.0901. The smallest absolute Gasteiger partial charge is 0.270 e. The van der Waals surface area contributed by atoms with Crippen LogP contribution >= 0.6 is 22.9 Å². The summed E-state index contributed by atoms with van der Waals surface area (Å²) in [7, 11) is 1.94. The lowest BCUT2D eigenvalue weighted by Gasteiger charge is -2.63. The first kappa shape index (κ1) is 50.1. The highest BCUT2D eigenvalue weighted by molar-refractivity contribution is 7.13. The molecular weight excluding hydrogens is 898 g/mol. The van der Waals surface area contributed by atoms with Crippen LogP contribution in [0.25, 0.3) is 10.4 Å². The second-order valence-corrected chi connectivity index (χ2v) is 21.1. The van der Waals surface area contributed by atoms with Gasteiger partial charge < -0.3 is 35.3 Å². The SMILES string of the molecule is Cc1ncsc1-c1ccc([C@H](C)NC(=O)[C@@H]2C[C@@H](O)CN2C(=O)[C@H](c2ncc(CCCCCNc3ccc(C(=O)N[C@H]4C(C)(C)[C@H](Oc5ccc(C#N)c(Cl)c5)C4(C)C)nc3)n2C)C(C)C)cc1. The molecule has 0 bridgehead atoms. The number of hydrogen-bond donors (Lipinski definition) is 4. The van der Waals surface area contributed by atoms with Crippen LogP contribution in [0.4, 0.5) is 5.69 Å². The standard InChI is InChI=1S/C52H64ClN9O5S/c1-30(2)43(48(66)62-28-38(63)23-42(62)47(65)59-31(3)33-14-16-34(17-15-33)44-32(4)58-29-68-44)45-57-27-37(61(45)9)13-11-10-12-22-55-36-19-21-41(56-26-36)46(64)60-49-51(5,6)50(52(49,7)8)67-39-20-18-35(25-54)40(53)24-39/h14-21,24,26-27,29-31,38,42-43,49-50,55,63H,10-13,22-23,28H2,1-9H3,(H,59,65)(H,60,64)/t31-,38+,42-,43-,49-,50-/m0/s1. The number of aryl methyl sites for hydroxylation is 2. The summed E-state index contributed by atoms with van der Waals surface area (Å²) in [6.45, 7) is 17.0. The average Bonchev–Trinajstić information content (AvgIpc) is 4.03. The van der Waals surface area contributed by atoms with E-state index in [9.17, 15) is 24.8 Å². The zero-order valence-corrected chi connectivity index (χ0v) is 42.0. The van der Waals surface area contributed by atoms with Gasteiger partial charge in [-0.15, -0.1) is 11.3 Å². The molecule has 1 saturated carbocycles. The Morgan fingerprint density at radius 1 is 0.985 bits per heavy atom. The third kappa shape index (κ3) is 10.6. The summed E-state index contributed by atoms with van der Waals surface area (Å²) in [5.41, 5.74) is 6.62. The molecule has 2 fully saturated rings. The summed E-state index contributed by atoms with van der Waals surface area (Å²) in [4.78, 5) is 57.8. The average molecular weight is 963 g/mol. The topological polar surface area (TPSA) is 187 Å². The molecular formula is C52H64ClN9O5S. The molecule has 7 rings (SSSR count). The molecule has 360 valence electrons. The quantitative estimate of drug-likeness (QED) is 0.0619. The Balaban J connectivity index is 0.861. The number of thiazole rings is 1. The number of imidazole rings is 1. The molecule has 3 aromatic heterocycles. The number of carbonyl (C=O) groups excluding carboxylic acids is 3. The predicted molar refractivity (Wildman–Crippen MR) is 265 cm³/mol. The van der Waals surface area contributed by atoms with E-state index in [1.54, 1.807) is 46.7 Å². The molecule has 0 unspecified atom stereocenters. The minimum Gasteiger partial charge on any atom is -0.489 e. The molecule has 0 radical (unpaired) electrons. The van der Waals surface area contributed by atoms with Crippen molar-refractivity contribution in [3.8, 4) is 22.3 Å². The molecule has 4 atom stereocenters. The van der Waals surface area contributed by atoms with Crippen LogP contribution in [-0.2, 0) is 23.1 Å². The van der Waals surface area contributed by atoms with Gasteiger partial charge >= 0.3 is 0 Å². The Labute approximate surface area is 408 Å². The molecule has 1 aliphatic heterocycles. The second-order valence-electron chi connectivity index (χ2n) is 19.9. The Morgan fingerprint density at radius 2 is 1.72 bits per heavy atom. The maximum atomic E-state index is 14.4. The van der Waals surface area contributed by atoms with Gasteiger partial charge in [0.1, 0.15) is 35.5 Å². The highest BCUT2D eigenvalue weighted by Gasteiger charge is 2.64. The maximum Gasteiger partial charge on any atom is 0.270 e.